The lowest BCUT2D eigenvalue weighted by atomic mass is 9.69. The van der Waals surface area contributed by atoms with E-state index in [4.69, 9.17) is 0 Å². The third-order valence-corrected chi connectivity index (χ3v) is 9.68. The maximum absolute atomic E-state index is 14.4. The minimum Gasteiger partial charge on any atom is -0.287 e. The Kier molecular flexibility index (Phi) is 11.0. The summed E-state index contributed by atoms with van der Waals surface area (Å²) in [5.74, 6) is -59.1. The first-order valence-electron chi connectivity index (χ1n) is 14.9. The topological polar surface area (TPSA) is 17.1 Å². The summed E-state index contributed by atoms with van der Waals surface area (Å²) in [6.45, 7) is 2.22. The van der Waals surface area contributed by atoms with Gasteiger partial charge in [-0.05, 0) is 67.8 Å². The van der Waals surface area contributed by atoms with Crippen molar-refractivity contribution in [3.8, 4) is 0 Å². The van der Waals surface area contributed by atoms with Crippen LogP contribution in [0.3, 0.4) is 0 Å². The molecule has 0 unspecified atom stereocenters. The number of ketones is 1. The second-order valence-corrected chi connectivity index (χ2v) is 12.9. The molecule has 276 valence electrons. The zero-order valence-corrected chi connectivity index (χ0v) is 25.0. The van der Waals surface area contributed by atoms with Gasteiger partial charge in [0.2, 0.25) is 5.78 Å². The lowest BCUT2D eigenvalue weighted by molar-refractivity contribution is -0.459. The van der Waals surface area contributed by atoms with Crippen LogP contribution in [0, 0.1) is 23.7 Å². The van der Waals surface area contributed by atoms with Crippen LogP contribution >= 0.6 is 0 Å². The highest BCUT2D eigenvalue weighted by molar-refractivity contribution is 6.02. The minimum absolute atomic E-state index is 0.276. The summed E-state index contributed by atoms with van der Waals surface area (Å²) in [5.41, 5.74) is -1.21. The first kappa shape index (κ1) is 40.1. The molecule has 2 fully saturated rings. The molecule has 0 bridgehead atoms. The molecule has 0 atom stereocenters. The fourth-order valence-corrected chi connectivity index (χ4v) is 6.39. The first-order valence-corrected chi connectivity index (χ1v) is 14.9. The highest BCUT2D eigenvalue weighted by Crippen LogP contribution is 2.64. The molecule has 2 saturated carbocycles. The number of carbonyl (C=O) groups excluding carboxylic acids is 1. The second kappa shape index (κ2) is 13.1. The van der Waals surface area contributed by atoms with Crippen LogP contribution in [-0.2, 0) is 6.42 Å². The molecule has 0 heterocycles. The van der Waals surface area contributed by atoms with Crippen molar-refractivity contribution in [1.82, 2.24) is 0 Å². The summed E-state index contributed by atoms with van der Waals surface area (Å²) in [6.07, 6.45) is 1.61. The molecule has 0 aliphatic heterocycles. The fourth-order valence-electron chi connectivity index (χ4n) is 6.39. The monoisotopic (exact) mass is 730 g/mol. The molecule has 48 heavy (non-hydrogen) atoms. The van der Waals surface area contributed by atoms with Crippen LogP contribution in [0.1, 0.15) is 80.6 Å². The van der Waals surface area contributed by atoms with E-state index in [1.165, 1.54) is 25.7 Å². The van der Waals surface area contributed by atoms with Crippen molar-refractivity contribution < 1.29 is 79.4 Å². The zero-order valence-electron chi connectivity index (χ0n) is 25.0. The molecule has 2 aliphatic carbocycles. The Morgan fingerprint density at radius 1 is 0.542 bits per heavy atom. The summed E-state index contributed by atoms with van der Waals surface area (Å²) in [6, 6.07) is 2.64. The Labute approximate surface area is 263 Å². The van der Waals surface area contributed by atoms with Crippen molar-refractivity contribution in [2.75, 3.05) is 0 Å². The number of alkyl halides is 17. The van der Waals surface area contributed by atoms with Gasteiger partial charge >= 0.3 is 47.6 Å². The Bertz CT molecular complexity index is 1250. The Hall–Kier alpha value is -2.30. The largest absolute Gasteiger partial charge is 0.460 e. The normalized spacial score (nSPS) is 24.5. The van der Waals surface area contributed by atoms with E-state index in [9.17, 15) is 79.4 Å². The summed E-state index contributed by atoms with van der Waals surface area (Å²) in [4.78, 5) is 12.1. The van der Waals surface area contributed by atoms with Gasteiger partial charge in [0.25, 0.3) is 0 Å². The van der Waals surface area contributed by atoms with E-state index in [0.29, 0.717) is 41.9 Å². The van der Waals surface area contributed by atoms with Gasteiger partial charge < -0.3 is 0 Å². The average Bonchev–Trinajstić information content (AvgIpc) is 2.99. The predicted octanol–water partition coefficient (Wildman–Crippen LogP) is 11.4. The smallest absolute Gasteiger partial charge is 0.287 e. The molecule has 1 aromatic carbocycles. The molecule has 0 amide bonds. The molecule has 0 spiro atoms. The van der Waals surface area contributed by atoms with E-state index < -0.39 is 59.0 Å². The van der Waals surface area contributed by atoms with E-state index in [1.54, 1.807) is 0 Å². The van der Waals surface area contributed by atoms with Crippen molar-refractivity contribution in [3.05, 3.63) is 35.4 Å². The van der Waals surface area contributed by atoms with E-state index in [1.807, 2.05) is 0 Å². The molecule has 0 N–H and O–H groups in total. The number of aryl methyl sites for hydroxylation is 1. The van der Waals surface area contributed by atoms with Gasteiger partial charge in [-0.25, -0.2) is 0 Å². The SMILES string of the molecule is CC1CCC(C2CCC(CCc3ccc(C(=O)C(F)(F)C(F)(F)C(F)(F)C(F)(F)C(F)(F)C(F)(F)C(F)(F)C(F)(F)F)cc3)CC2)CC1. The minimum atomic E-state index is -8.74. The summed E-state index contributed by atoms with van der Waals surface area (Å²) < 4.78 is 230. The van der Waals surface area contributed by atoms with Gasteiger partial charge in [0, 0.05) is 5.56 Å². The molecule has 3 rings (SSSR count). The van der Waals surface area contributed by atoms with Gasteiger partial charge in [-0.3, -0.25) is 4.79 Å². The molecular weight excluding hydrogens is 699 g/mol. The molecule has 18 heteroatoms. The van der Waals surface area contributed by atoms with Crippen molar-refractivity contribution in [1.29, 1.82) is 0 Å². The van der Waals surface area contributed by atoms with Gasteiger partial charge in [-0.2, -0.15) is 74.6 Å². The van der Waals surface area contributed by atoms with Crippen molar-refractivity contribution in [2.45, 2.75) is 119 Å². The molecule has 0 aromatic heterocycles. The third kappa shape index (κ3) is 6.62. The first-order chi connectivity index (χ1) is 21.6. The summed E-state index contributed by atoms with van der Waals surface area (Å²) in [7, 11) is 0. The van der Waals surface area contributed by atoms with E-state index in [2.05, 4.69) is 6.92 Å². The highest BCUT2D eigenvalue weighted by Gasteiger charge is 2.95. The lowest BCUT2D eigenvalue weighted by Crippen LogP contribution is -2.75. The van der Waals surface area contributed by atoms with E-state index in [0.717, 1.165) is 37.8 Å². The highest BCUT2D eigenvalue weighted by atomic mass is 19.4. The lowest BCUT2D eigenvalue weighted by Gasteiger charge is -2.42. The number of hydrogen-bond donors (Lipinski definition) is 0. The van der Waals surface area contributed by atoms with Gasteiger partial charge in [0.15, 0.2) is 0 Å². The summed E-state index contributed by atoms with van der Waals surface area (Å²) >= 11 is 0. The number of Topliss-reactive ketones (excluding diaryl/α,β-unsaturated/α-hetero) is 1. The molecule has 1 aromatic rings. The third-order valence-electron chi connectivity index (χ3n) is 9.68. The standard InChI is InChI=1S/C30H31F17O/c1-16-2-10-19(11-3-16)20-12-6-17(7-13-20)4-5-18-8-14-21(15-9-18)22(48)23(31,32)24(33,34)25(35,36)26(37,38)27(39,40)28(41,42)29(43,44)30(45,46)47/h8-9,14-17,19-20H,2-7,10-13H2,1H3. The molecular formula is C30H31F17O. The van der Waals surface area contributed by atoms with Crippen molar-refractivity contribution >= 4 is 5.78 Å². The number of halogens is 17. The van der Waals surface area contributed by atoms with Crippen LogP contribution in [0.25, 0.3) is 0 Å². The Balaban J connectivity index is 1.72. The Morgan fingerprint density at radius 2 is 0.917 bits per heavy atom. The molecule has 2 aliphatic rings. The number of carbonyl (C=O) groups is 1. The van der Waals surface area contributed by atoms with Crippen LogP contribution in [-0.4, -0.2) is 53.4 Å². The molecule has 0 saturated heterocycles. The maximum atomic E-state index is 14.4. The van der Waals surface area contributed by atoms with Gasteiger partial charge in [0.1, 0.15) is 0 Å². The number of benzene rings is 1. The van der Waals surface area contributed by atoms with Crippen molar-refractivity contribution in [3.63, 3.8) is 0 Å². The second-order valence-electron chi connectivity index (χ2n) is 12.9. The molecule has 0 radical (unpaired) electrons. The maximum Gasteiger partial charge on any atom is 0.460 e. The van der Waals surface area contributed by atoms with Crippen LogP contribution < -0.4 is 0 Å². The van der Waals surface area contributed by atoms with Crippen LogP contribution in [0.4, 0.5) is 74.6 Å². The van der Waals surface area contributed by atoms with Crippen LogP contribution in [0.5, 0.6) is 0 Å². The Morgan fingerprint density at radius 3 is 1.33 bits per heavy atom. The number of hydrogen-bond acceptors (Lipinski definition) is 1. The molecule has 1 nitrogen and oxygen atoms in total. The fraction of sp³-hybridized carbons (Fsp3) is 0.767. The quantitative estimate of drug-likeness (QED) is 0.155. The van der Waals surface area contributed by atoms with Crippen LogP contribution in [0.2, 0.25) is 0 Å². The zero-order chi connectivity index (χ0) is 36.9. The van der Waals surface area contributed by atoms with Crippen LogP contribution in [0.15, 0.2) is 24.3 Å². The average molecular weight is 731 g/mol. The van der Waals surface area contributed by atoms with Gasteiger partial charge in [-0.15, -0.1) is 0 Å². The van der Waals surface area contributed by atoms with Gasteiger partial charge in [0.05, 0.1) is 0 Å². The van der Waals surface area contributed by atoms with Gasteiger partial charge in [-0.1, -0.05) is 56.9 Å². The van der Waals surface area contributed by atoms with E-state index in [-0.39, 0.29) is 12.3 Å². The summed E-state index contributed by atoms with van der Waals surface area (Å²) in [5, 5.41) is 0. The predicted molar refractivity (Wildman–Crippen MR) is 136 cm³/mol. The number of rotatable bonds is 12. The van der Waals surface area contributed by atoms with E-state index >= 15 is 0 Å². The van der Waals surface area contributed by atoms with Crippen molar-refractivity contribution in [2.24, 2.45) is 23.7 Å².